The first-order valence-electron chi connectivity index (χ1n) is 9.51. The summed E-state index contributed by atoms with van der Waals surface area (Å²) in [5, 5.41) is 17.9. The minimum atomic E-state index is -1.30. The van der Waals surface area contributed by atoms with E-state index in [1.807, 2.05) is 78.9 Å². The van der Waals surface area contributed by atoms with Crippen LogP contribution in [0.4, 0.5) is 0 Å². The molecule has 1 N–H and O–H groups in total. The quantitative estimate of drug-likeness (QED) is 0.429. The number of carboxylic acids is 1. The molecule has 3 aromatic rings. The van der Waals surface area contributed by atoms with Crippen molar-refractivity contribution in [2.75, 3.05) is 0 Å². The lowest BCUT2D eigenvalue weighted by Gasteiger charge is -2.19. The van der Waals surface area contributed by atoms with Gasteiger partial charge in [-0.15, -0.1) is 0 Å². The second-order valence-corrected chi connectivity index (χ2v) is 6.71. The highest BCUT2D eigenvalue weighted by Gasteiger charge is 2.15. The number of carbonyl (C=O) groups is 1. The average Bonchev–Trinajstić information content (AvgIpc) is 3.25. The number of nitriles is 1. The number of benzene rings is 2. The van der Waals surface area contributed by atoms with E-state index in [0.29, 0.717) is 17.3 Å². The van der Waals surface area contributed by atoms with Gasteiger partial charge in [-0.05, 0) is 35.9 Å². The molecule has 0 aliphatic carbocycles. The summed E-state index contributed by atoms with van der Waals surface area (Å²) in [5.41, 5.74) is 2.35. The summed E-state index contributed by atoms with van der Waals surface area (Å²) in [7, 11) is 0. The Hall–Kier alpha value is -4.56. The number of allylic oxidation sites excluding steroid dienone is 3. The molecule has 0 unspecified atom stereocenters. The van der Waals surface area contributed by atoms with Gasteiger partial charge in [0.1, 0.15) is 34.7 Å². The fourth-order valence-corrected chi connectivity index (χ4v) is 3.07. The normalized spacial score (nSPS) is 13.5. The van der Waals surface area contributed by atoms with Crippen LogP contribution in [0.5, 0.6) is 0 Å². The van der Waals surface area contributed by atoms with Gasteiger partial charge >= 0.3 is 5.97 Å². The summed E-state index contributed by atoms with van der Waals surface area (Å²) in [6, 6.07) is 24.6. The van der Waals surface area contributed by atoms with Crippen molar-refractivity contribution in [3.05, 3.63) is 119 Å². The van der Waals surface area contributed by atoms with Gasteiger partial charge in [-0.25, -0.2) is 4.79 Å². The third-order valence-corrected chi connectivity index (χ3v) is 4.53. The van der Waals surface area contributed by atoms with Crippen LogP contribution in [0, 0.1) is 11.3 Å². The van der Waals surface area contributed by atoms with Crippen molar-refractivity contribution in [1.82, 2.24) is 0 Å². The molecular formula is C26H17NO4. The number of hydrogen-bond acceptors (Lipinski definition) is 4. The van der Waals surface area contributed by atoms with E-state index in [9.17, 15) is 4.79 Å². The first-order valence-corrected chi connectivity index (χ1v) is 9.51. The van der Waals surface area contributed by atoms with Gasteiger partial charge in [-0.1, -0.05) is 60.7 Å². The smallest absolute Gasteiger partial charge is 0.346 e. The van der Waals surface area contributed by atoms with Gasteiger partial charge < -0.3 is 14.3 Å². The number of ether oxygens (including phenoxy) is 1. The number of rotatable bonds is 5. The first-order chi connectivity index (χ1) is 15.1. The number of carboxylic acid groups (broad SMARTS) is 1. The highest BCUT2D eigenvalue weighted by Crippen LogP contribution is 2.33. The second-order valence-electron chi connectivity index (χ2n) is 6.71. The minimum Gasteiger partial charge on any atom is -0.477 e. The molecule has 0 saturated heterocycles. The summed E-state index contributed by atoms with van der Waals surface area (Å²) in [5.74, 6) is 0.930. The van der Waals surface area contributed by atoms with E-state index in [4.69, 9.17) is 19.5 Å². The molecule has 0 spiro atoms. The molecule has 1 aliphatic heterocycles. The molecule has 5 heteroatoms. The lowest BCUT2D eigenvalue weighted by molar-refractivity contribution is -0.132. The Labute approximate surface area is 179 Å². The van der Waals surface area contributed by atoms with Gasteiger partial charge in [-0.3, -0.25) is 0 Å². The van der Waals surface area contributed by atoms with Crippen molar-refractivity contribution < 1.29 is 19.1 Å². The third kappa shape index (κ3) is 4.72. The fraction of sp³-hybridized carbons (Fsp3) is 0. The number of hydrogen-bond donors (Lipinski definition) is 1. The van der Waals surface area contributed by atoms with Crippen LogP contribution in [0.2, 0.25) is 0 Å². The molecule has 150 valence electrons. The highest BCUT2D eigenvalue weighted by atomic mass is 16.5. The maximum absolute atomic E-state index is 11.0. The first kappa shape index (κ1) is 19.7. The summed E-state index contributed by atoms with van der Waals surface area (Å²) in [6.07, 6.45) is 6.86. The standard InChI is InChI=1S/C26H17NO4/c27-17-21(26(28)29)16-23-12-11-22(30-23)13-18-14-24(19-7-3-1-4-8-19)31-25(15-18)20-9-5-2-6-10-20/h1-16H,(H,28,29)/b21-16+. The Kier molecular flexibility index (Phi) is 5.64. The van der Waals surface area contributed by atoms with Crippen LogP contribution >= 0.6 is 0 Å². The molecule has 0 saturated carbocycles. The molecule has 0 fully saturated rings. The lowest BCUT2D eigenvalue weighted by atomic mass is 10.0. The van der Waals surface area contributed by atoms with Crippen molar-refractivity contribution in [3.8, 4) is 6.07 Å². The second kappa shape index (κ2) is 8.85. The van der Waals surface area contributed by atoms with Crippen molar-refractivity contribution in [2.24, 2.45) is 0 Å². The molecule has 0 radical (unpaired) electrons. The Balaban J connectivity index is 1.72. The van der Waals surface area contributed by atoms with Gasteiger partial charge in [-0.2, -0.15) is 5.26 Å². The Morgan fingerprint density at radius 1 is 0.839 bits per heavy atom. The molecule has 0 bridgehead atoms. The topological polar surface area (TPSA) is 83.5 Å². The SMILES string of the molecule is N#C/C(=C\c1ccc(C=C2C=C(c3ccccc3)OC(c3ccccc3)=C2)o1)C(=O)O. The molecule has 5 nitrogen and oxygen atoms in total. The molecule has 4 rings (SSSR count). The Morgan fingerprint density at radius 3 is 1.90 bits per heavy atom. The van der Waals surface area contributed by atoms with Gasteiger partial charge in [0.2, 0.25) is 0 Å². The minimum absolute atomic E-state index is 0.289. The van der Waals surface area contributed by atoms with Crippen LogP contribution in [0.1, 0.15) is 22.6 Å². The Bertz CT molecular complexity index is 1210. The number of nitrogens with zero attached hydrogens (tertiary/aromatic N) is 1. The van der Waals surface area contributed by atoms with E-state index in [-0.39, 0.29) is 5.76 Å². The molecule has 1 aliphatic rings. The monoisotopic (exact) mass is 407 g/mol. The van der Waals surface area contributed by atoms with E-state index in [1.165, 1.54) is 6.08 Å². The maximum atomic E-state index is 11.0. The molecule has 31 heavy (non-hydrogen) atoms. The van der Waals surface area contributed by atoms with Crippen molar-refractivity contribution in [2.45, 2.75) is 0 Å². The number of aliphatic carboxylic acids is 1. The van der Waals surface area contributed by atoms with E-state index in [0.717, 1.165) is 16.7 Å². The summed E-state index contributed by atoms with van der Waals surface area (Å²) in [6.45, 7) is 0. The molecular weight excluding hydrogens is 390 g/mol. The molecule has 1 aromatic heterocycles. The lowest BCUT2D eigenvalue weighted by Crippen LogP contribution is -1.99. The Morgan fingerprint density at radius 2 is 1.39 bits per heavy atom. The molecule has 0 amide bonds. The predicted octanol–water partition coefficient (Wildman–Crippen LogP) is 5.77. The highest BCUT2D eigenvalue weighted by molar-refractivity contribution is 5.96. The molecule has 0 atom stereocenters. The average molecular weight is 407 g/mol. The van der Waals surface area contributed by atoms with Crippen LogP contribution < -0.4 is 0 Å². The maximum Gasteiger partial charge on any atom is 0.346 e. The fourth-order valence-electron chi connectivity index (χ4n) is 3.07. The number of furan rings is 1. The van der Waals surface area contributed by atoms with Crippen molar-refractivity contribution in [3.63, 3.8) is 0 Å². The third-order valence-electron chi connectivity index (χ3n) is 4.53. The summed E-state index contributed by atoms with van der Waals surface area (Å²) < 4.78 is 11.8. The van der Waals surface area contributed by atoms with Crippen LogP contribution in [0.3, 0.4) is 0 Å². The van der Waals surface area contributed by atoms with E-state index in [2.05, 4.69) is 0 Å². The van der Waals surface area contributed by atoms with Crippen molar-refractivity contribution in [1.29, 1.82) is 5.26 Å². The van der Waals surface area contributed by atoms with Gasteiger partial charge in [0.15, 0.2) is 0 Å². The van der Waals surface area contributed by atoms with Crippen molar-refractivity contribution >= 4 is 29.6 Å². The zero-order valence-electron chi connectivity index (χ0n) is 16.4. The molecule has 2 aromatic carbocycles. The predicted molar refractivity (Wildman–Crippen MR) is 118 cm³/mol. The van der Waals surface area contributed by atoms with Gasteiger partial charge in [0, 0.05) is 17.2 Å². The van der Waals surface area contributed by atoms with Crippen LogP contribution in [0.15, 0.2) is 101 Å². The zero-order chi connectivity index (χ0) is 21.6. The zero-order valence-corrected chi connectivity index (χ0v) is 16.4. The molecule has 2 heterocycles. The van der Waals surface area contributed by atoms with Crippen LogP contribution in [0.25, 0.3) is 23.7 Å². The van der Waals surface area contributed by atoms with E-state index < -0.39 is 11.5 Å². The van der Waals surface area contributed by atoms with Crippen LogP contribution in [-0.4, -0.2) is 11.1 Å². The largest absolute Gasteiger partial charge is 0.477 e. The van der Waals surface area contributed by atoms with Gasteiger partial charge in [0.05, 0.1) is 0 Å². The van der Waals surface area contributed by atoms with E-state index in [1.54, 1.807) is 18.2 Å². The summed E-state index contributed by atoms with van der Waals surface area (Å²) >= 11 is 0. The summed E-state index contributed by atoms with van der Waals surface area (Å²) in [4.78, 5) is 11.0. The van der Waals surface area contributed by atoms with Gasteiger partial charge in [0.25, 0.3) is 0 Å². The van der Waals surface area contributed by atoms with Crippen LogP contribution in [-0.2, 0) is 9.53 Å². The van der Waals surface area contributed by atoms with E-state index >= 15 is 0 Å².